The molecule has 146 valence electrons. The molecule has 0 amide bonds. The number of rotatable bonds is 4. The van der Waals surface area contributed by atoms with Crippen molar-refractivity contribution in [3.05, 3.63) is 57.4 Å². The van der Waals surface area contributed by atoms with Crippen molar-refractivity contribution < 1.29 is 0 Å². The summed E-state index contributed by atoms with van der Waals surface area (Å²) in [6.07, 6.45) is 1.83. The molecule has 0 aliphatic carbocycles. The summed E-state index contributed by atoms with van der Waals surface area (Å²) in [7, 11) is 0. The summed E-state index contributed by atoms with van der Waals surface area (Å²) in [5.41, 5.74) is 1.58. The highest BCUT2D eigenvalue weighted by atomic mass is 35.5. The van der Waals surface area contributed by atoms with E-state index in [4.69, 9.17) is 11.6 Å². The molecule has 0 atom stereocenters. The number of fused-ring (bicyclic) bond motifs is 1. The van der Waals surface area contributed by atoms with Gasteiger partial charge in [-0.05, 0) is 30.2 Å². The molecule has 1 saturated heterocycles. The van der Waals surface area contributed by atoms with Crippen molar-refractivity contribution in [3.63, 3.8) is 0 Å². The van der Waals surface area contributed by atoms with Crippen LogP contribution in [0.1, 0.15) is 31.3 Å². The third-order valence-electron chi connectivity index (χ3n) is 5.00. The SMILES string of the molecule is CC(C)c1ccnc(N2CCN(Cc3nc4ccc(Cl)cc4c(=O)[nH]3)CC2)n1. The van der Waals surface area contributed by atoms with Crippen LogP contribution in [0.2, 0.25) is 5.02 Å². The molecule has 3 aromatic rings. The second-order valence-electron chi connectivity index (χ2n) is 7.37. The van der Waals surface area contributed by atoms with E-state index in [9.17, 15) is 4.79 Å². The normalized spacial score (nSPS) is 15.5. The van der Waals surface area contributed by atoms with Crippen molar-refractivity contribution in [2.45, 2.75) is 26.3 Å². The molecule has 0 bridgehead atoms. The lowest BCUT2D eigenvalue weighted by atomic mass is 10.1. The molecular formula is C20H23ClN6O. The van der Waals surface area contributed by atoms with E-state index in [0.29, 0.717) is 34.2 Å². The van der Waals surface area contributed by atoms with Crippen LogP contribution in [-0.4, -0.2) is 51.0 Å². The fourth-order valence-corrected chi connectivity index (χ4v) is 3.56. The Morgan fingerprint density at radius 1 is 1.14 bits per heavy atom. The predicted molar refractivity (Wildman–Crippen MR) is 111 cm³/mol. The highest BCUT2D eigenvalue weighted by Gasteiger charge is 2.20. The lowest BCUT2D eigenvalue weighted by Gasteiger charge is -2.34. The minimum absolute atomic E-state index is 0.153. The molecule has 1 aromatic carbocycles. The standard InChI is InChI=1S/C20H23ClN6O/c1-13(2)16-5-6-22-20(24-16)27-9-7-26(8-10-27)12-18-23-17-4-3-14(21)11-15(17)19(28)25-18/h3-6,11,13H,7-10,12H2,1-2H3,(H,23,25,28). The van der Waals surface area contributed by atoms with Crippen LogP contribution < -0.4 is 10.5 Å². The summed E-state index contributed by atoms with van der Waals surface area (Å²) >= 11 is 5.97. The second kappa shape index (κ2) is 7.85. The van der Waals surface area contributed by atoms with E-state index in [1.807, 2.05) is 12.3 Å². The Bertz CT molecular complexity index is 1040. The van der Waals surface area contributed by atoms with Gasteiger partial charge in [0.1, 0.15) is 5.82 Å². The Morgan fingerprint density at radius 2 is 1.93 bits per heavy atom. The lowest BCUT2D eigenvalue weighted by molar-refractivity contribution is 0.243. The highest BCUT2D eigenvalue weighted by Crippen LogP contribution is 2.17. The number of hydrogen-bond acceptors (Lipinski definition) is 6. The summed E-state index contributed by atoms with van der Waals surface area (Å²) in [5.74, 6) is 1.85. The van der Waals surface area contributed by atoms with Crippen LogP contribution in [-0.2, 0) is 6.54 Å². The van der Waals surface area contributed by atoms with Crippen LogP contribution in [0.25, 0.3) is 10.9 Å². The number of halogens is 1. The monoisotopic (exact) mass is 398 g/mol. The van der Waals surface area contributed by atoms with E-state index in [-0.39, 0.29) is 5.56 Å². The first kappa shape index (κ1) is 18.8. The number of hydrogen-bond donors (Lipinski definition) is 1. The molecular weight excluding hydrogens is 376 g/mol. The number of aromatic nitrogens is 4. The van der Waals surface area contributed by atoms with E-state index in [1.165, 1.54) is 0 Å². The quantitative estimate of drug-likeness (QED) is 0.728. The lowest BCUT2D eigenvalue weighted by Crippen LogP contribution is -2.47. The first-order chi connectivity index (χ1) is 13.5. The molecule has 0 unspecified atom stereocenters. The number of H-pyrrole nitrogens is 1. The van der Waals surface area contributed by atoms with Gasteiger partial charge in [-0.15, -0.1) is 0 Å². The fraction of sp³-hybridized carbons (Fsp3) is 0.400. The Hall–Kier alpha value is -2.51. The Morgan fingerprint density at radius 3 is 2.68 bits per heavy atom. The molecule has 3 heterocycles. The van der Waals surface area contributed by atoms with Gasteiger partial charge in [-0.25, -0.2) is 15.0 Å². The van der Waals surface area contributed by atoms with Crippen molar-refractivity contribution in [2.24, 2.45) is 0 Å². The predicted octanol–water partition coefficient (Wildman–Crippen LogP) is 2.81. The van der Waals surface area contributed by atoms with E-state index >= 15 is 0 Å². The number of nitrogens with one attached hydrogen (secondary N) is 1. The maximum Gasteiger partial charge on any atom is 0.258 e. The van der Waals surface area contributed by atoms with Gasteiger partial charge in [0, 0.05) is 43.1 Å². The van der Waals surface area contributed by atoms with Gasteiger partial charge in [-0.2, -0.15) is 0 Å². The zero-order valence-corrected chi connectivity index (χ0v) is 16.8. The topological polar surface area (TPSA) is 78.0 Å². The number of aromatic amines is 1. The summed E-state index contributed by atoms with van der Waals surface area (Å²) in [5, 5.41) is 1.05. The Kier molecular flexibility index (Phi) is 5.28. The zero-order valence-electron chi connectivity index (χ0n) is 16.0. The number of benzene rings is 1. The van der Waals surface area contributed by atoms with Crippen molar-refractivity contribution in [1.82, 2.24) is 24.8 Å². The molecule has 28 heavy (non-hydrogen) atoms. The highest BCUT2D eigenvalue weighted by molar-refractivity contribution is 6.31. The molecule has 1 aliphatic heterocycles. The summed E-state index contributed by atoms with van der Waals surface area (Å²) in [6, 6.07) is 7.16. The van der Waals surface area contributed by atoms with Gasteiger partial charge in [0.2, 0.25) is 5.95 Å². The minimum atomic E-state index is -0.153. The fourth-order valence-electron chi connectivity index (χ4n) is 3.39. The van der Waals surface area contributed by atoms with Crippen molar-refractivity contribution in [3.8, 4) is 0 Å². The zero-order chi connectivity index (χ0) is 19.7. The van der Waals surface area contributed by atoms with Crippen LogP contribution in [0.4, 0.5) is 5.95 Å². The maximum atomic E-state index is 12.3. The van der Waals surface area contributed by atoms with E-state index in [1.54, 1.807) is 18.2 Å². The molecule has 7 nitrogen and oxygen atoms in total. The van der Waals surface area contributed by atoms with Crippen molar-refractivity contribution >= 4 is 28.5 Å². The van der Waals surface area contributed by atoms with Crippen molar-refractivity contribution in [1.29, 1.82) is 0 Å². The summed E-state index contributed by atoms with van der Waals surface area (Å²) in [4.78, 5) is 33.4. The van der Waals surface area contributed by atoms with Crippen LogP contribution >= 0.6 is 11.6 Å². The molecule has 1 aliphatic rings. The smallest absolute Gasteiger partial charge is 0.258 e. The van der Waals surface area contributed by atoms with Gasteiger partial charge in [0.25, 0.3) is 5.56 Å². The molecule has 2 aromatic heterocycles. The number of piperazine rings is 1. The van der Waals surface area contributed by atoms with Gasteiger partial charge >= 0.3 is 0 Å². The van der Waals surface area contributed by atoms with Gasteiger partial charge in [0.05, 0.1) is 17.4 Å². The summed E-state index contributed by atoms with van der Waals surface area (Å²) < 4.78 is 0. The molecule has 4 rings (SSSR count). The third kappa shape index (κ3) is 4.00. The van der Waals surface area contributed by atoms with E-state index in [0.717, 1.165) is 37.8 Å². The molecule has 1 N–H and O–H groups in total. The molecule has 8 heteroatoms. The third-order valence-corrected chi connectivity index (χ3v) is 5.24. The second-order valence-corrected chi connectivity index (χ2v) is 7.81. The Balaban J connectivity index is 1.43. The van der Waals surface area contributed by atoms with Crippen LogP contribution in [0, 0.1) is 0 Å². The van der Waals surface area contributed by atoms with Crippen LogP contribution in [0.3, 0.4) is 0 Å². The van der Waals surface area contributed by atoms with Gasteiger partial charge in [-0.3, -0.25) is 9.69 Å². The number of anilines is 1. The molecule has 0 radical (unpaired) electrons. The minimum Gasteiger partial charge on any atom is -0.338 e. The van der Waals surface area contributed by atoms with Crippen LogP contribution in [0.5, 0.6) is 0 Å². The van der Waals surface area contributed by atoms with Crippen LogP contribution in [0.15, 0.2) is 35.3 Å². The van der Waals surface area contributed by atoms with E-state index < -0.39 is 0 Å². The first-order valence-corrected chi connectivity index (χ1v) is 9.86. The van der Waals surface area contributed by atoms with Gasteiger partial charge in [-0.1, -0.05) is 25.4 Å². The average molecular weight is 399 g/mol. The number of nitrogens with zero attached hydrogens (tertiary/aromatic N) is 5. The Labute approximate surface area is 168 Å². The molecule has 1 fully saturated rings. The van der Waals surface area contributed by atoms with E-state index in [2.05, 4.69) is 43.6 Å². The van der Waals surface area contributed by atoms with Gasteiger partial charge in [0.15, 0.2) is 0 Å². The molecule has 0 saturated carbocycles. The summed E-state index contributed by atoms with van der Waals surface area (Å²) in [6.45, 7) is 8.28. The molecule has 0 spiro atoms. The maximum absolute atomic E-state index is 12.3. The largest absolute Gasteiger partial charge is 0.338 e. The van der Waals surface area contributed by atoms with Gasteiger partial charge < -0.3 is 9.88 Å². The van der Waals surface area contributed by atoms with Crippen molar-refractivity contribution in [2.75, 3.05) is 31.1 Å². The average Bonchev–Trinajstić information content (AvgIpc) is 2.69. The first-order valence-electron chi connectivity index (χ1n) is 9.48.